The molecule has 0 bridgehead atoms. The van der Waals surface area contributed by atoms with Gasteiger partial charge >= 0.3 is 5.97 Å². The first-order valence-corrected chi connectivity index (χ1v) is 6.04. The van der Waals surface area contributed by atoms with Gasteiger partial charge in [-0.15, -0.1) is 0 Å². The number of likely N-dealkylation sites (tertiary alicyclic amines) is 1. The number of methoxy groups -OCH3 is 1. The maximum Gasteiger partial charge on any atom is 0.337 e. The van der Waals surface area contributed by atoms with E-state index in [-0.39, 0.29) is 30.7 Å². The van der Waals surface area contributed by atoms with E-state index < -0.39 is 5.97 Å². The molecule has 1 aromatic rings. The predicted octanol–water partition coefficient (Wildman–Crippen LogP) is 1.37. The van der Waals surface area contributed by atoms with Gasteiger partial charge in [-0.05, 0) is 17.7 Å². The van der Waals surface area contributed by atoms with Gasteiger partial charge < -0.3 is 4.74 Å². The van der Waals surface area contributed by atoms with E-state index in [1.807, 2.05) is 0 Å². The van der Waals surface area contributed by atoms with Crippen LogP contribution < -0.4 is 0 Å². The van der Waals surface area contributed by atoms with E-state index in [4.69, 9.17) is 0 Å². The Hall–Kier alpha value is -2.17. The Bertz CT molecular complexity index is 521. The van der Waals surface area contributed by atoms with Crippen LogP contribution in [-0.4, -0.2) is 29.8 Å². The monoisotopic (exact) mass is 261 g/mol. The molecule has 1 unspecified atom stereocenters. The molecule has 100 valence electrons. The highest BCUT2D eigenvalue weighted by Crippen LogP contribution is 2.21. The van der Waals surface area contributed by atoms with Gasteiger partial charge in [-0.3, -0.25) is 14.5 Å². The zero-order valence-corrected chi connectivity index (χ0v) is 10.9. The lowest BCUT2D eigenvalue weighted by molar-refractivity contribution is -0.139. The molecule has 0 spiro atoms. The SMILES string of the molecule is COC(=O)c1ccc(CN2C(=O)CC(C)C2=O)cc1. The number of ether oxygens (including phenoxy) is 1. The van der Waals surface area contributed by atoms with Crippen molar-refractivity contribution >= 4 is 17.8 Å². The fraction of sp³-hybridized carbons (Fsp3) is 0.357. The minimum atomic E-state index is -0.409. The fourth-order valence-corrected chi connectivity index (χ4v) is 2.06. The summed E-state index contributed by atoms with van der Waals surface area (Å²) in [5.41, 5.74) is 1.25. The summed E-state index contributed by atoms with van der Waals surface area (Å²) < 4.78 is 4.60. The van der Waals surface area contributed by atoms with E-state index in [2.05, 4.69) is 4.74 Å². The van der Waals surface area contributed by atoms with Crippen molar-refractivity contribution < 1.29 is 19.1 Å². The summed E-state index contributed by atoms with van der Waals surface area (Å²) in [5, 5.41) is 0. The van der Waals surface area contributed by atoms with Crippen molar-refractivity contribution in [2.45, 2.75) is 19.9 Å². The molecule has 2 amide bonds. The van der Waals surface area contributed by atoms with Crippen LogP contribution in [-0.2, 0) is 20.9 Å². The highest BCUT2D eigenvalue weighted by molar-refractivity contribution is 6.03. The molecule has 1 heterocycles. The van der Waals surface area contributed by atoms with E-state index in [0.29, 0.717) is 5.56 Å². The van der Waals surface area contributed by atoms with Crippen molar-refractivity contribution in [1.82, 2.24) is 4.90 Å². The van der Waals surface area contributed by atoms with Gasteiger partial charge in [0.25, 0.3) is 0 Å². The third-order valence-electron chi connectivity index (χ3n) is 3.19. The number of esters is 1. The molecule has 1 saturated heterocycles. The first-order valence-electron chi connectivity index (χ1n) is 6.04. The van der Waals surface area contributed by atoms with Crippen molar-refractivity contribution in [2.24, 2.45) is 5.92 Å². The van der Waals surface area contributed by atoms with Crippen LogP contribution in [0.2, 0.25) is 0 Å². The van der Waals surface area contributed by atoms with Crippen LogP contribution in [0.15, 0.2) is 24.3 Å². The van der Waals surface area contributed by atoms with Crippen molar-refractivity contribution in [1.29, 1.82) is 0 Å². The lowest BCUT2D eigenvalue weighted by atomic mass is 10.1. The minimum Gasteiger partial charge on any atom is -0.465 e. The predicted molar refractivity (Wildman–Crippen MR) is 67.1 cm³/mol. The largest absolute Gasteiger partial charge is 0.465 e. The Labute approximate surface area is 111 Å². The van der Waals surface area contributed by atoms with Gasteiger partial charge in [0.15, 0.2) is 0 Å². The van der Waals surface area contributed by atoms with E-state index >= 15 is 0 Å². The summed E-state index contributed by atoms with van der Waals surface area (Å²) in [4.78, 5) is 36.0. The van der Waals surface area contributed by atoms with Gasteiger partial charge in [-0.25, -0.2) is 4.79 Å². The third-order valence-corrected chi connectivity index (χ3v) is 3.19. The van der Waals surface area contributed by atoms with Gasteiger partial charge in [0.2, 0.25) is 11.8 Å². The van der Waals surface area contributed by atoms with Gasteiger partial charge in [-0.1, -0.05) is 19.1 Å². The van der Waals surface area contributed by atoms with E-state index in [0.717, 1.165) is 5.56 Å². The summed E-state index contributed by atoms with van der Waals surface area (Å²) in [7, 11) is 1.32. The molecule has 0 radical (unpaired) electrons. The average Bonchev–Trinajstić information content (AvgIpc) is 2.65. The van der Waals surface area contributed by atoms with Gasteiger partial charge in [0.05, 0.1) is 19.2 Å². The second kappa shape index (κ2) is 5.22. The zero-order valence-electron chi connectivity index (χ0n) is 10.9. The molecule has 5 nitrogen and oxygen atoms in total. The Morgan fingerprint density at radius 2 is 1.95 bits per heavy atom. The highest BCUT2D eigenvalue weighted by atomic mass is 16.5. The normalized spacial score (nSPS) is 18.8. The van der Waals surface area contributed by atoms with Crippen LogP contribution in [0.4, 0.5) is 0 Å². The summed E-state index contributed by atoms with van der Waals surface area (Å²) >= 11 is 0. The van der Waals surface area contributed by atoms with Crippen LogP contribution >= 0.6 is 0 Å². The number of amides is 2. The van der Waals surface area contributed by atoms with Crippen molar-refractivity contribution in [3.05, 3.63) is 35.4 Å². The Balaban J connectivity index is 2.10. The summed E-state index contributed by atoms with van der Waals surface area (Å²) in [5.74, 6) is -0.924. The number of carbonyl (C=O) groups is 3. The van der Waals surface area contributed by atoms with Crippen molar-refractivity contribution in [3.8, 4) is 0 Å². The molecule has 19 heavy (non-hydrogen) atoms. The van der Waals surface area contributed by atoms with Gasteiger partial charge in [0, 0.05) is 12.3 Å². The maximum absolute atomic E-state index is 11.8. The lowest BCUT2D eigenvalue weighted by Crippen LogP contribution is -2.29. The molecule has 0 N–H and O–H groups in total. The van der Waals surface area contributed by atoms with Gasteiger partial charge in [0.1, 0.15) is 0 Å². The van der Waals surface area contributed by atoms with E-state index in [1.165, 1.54) is 12.0 Å². The van der Waals surface area contributed by atoms with Gasteiger partial charge in [-0.2, -0.15) is 0 Å². The standard InChI is InChI=1S/C14H15NO4/c1-9-7-12(16)15(13(9)17)8-10-3-5-11(6-4-10)14(18)19-2/h3-6,9H,7-8H2,1-2H3. The molecule has 1 aliphatic rings. The Morgan fingerprint density at radius 1 is 1.32 bits per heavy atom. The summed E-state index contributed by atoms with van der Waals surface area (Å²) in [6.07, 6.45) is 0.277. The molecule has 1 fully saturated rings. The van der Waals surface area contributed by atoms with E-state index in [9.17, 15) is 14.4 Å². The first kappa shape index (κ1) is 13.3. The third kappa shape index (κ3) is 2.65. The number of benzene rings is 1. The fourth-order valence-electron chi connectivity index (χ4n) is 2.06. The van der Waals surface area contributed by atoms with Crippen LogP contribution in [0.1, 0.15) is 29.3 Å². The molecule has 0 aliphatic carbocycles. The van der Waals surface area contributed by atoms with Crippen LogP contribution in [0.3, 0.4) is 0 Å². The molecular formula is C14H15NO4. The minimum absolute atomic E-state index is 0.137. The number of hydrogen-bond donors (Lipinski definition) is 0. The van der Waals surface area contributed by atoms with E-state index in [1.54, 1.807) is 31.2 Å². The molecule has 0 aromatic heterocycles. The Morgan fingerprint density at radius 3 is 2.42 bits per heavy atom. The van der Waals surface area contributed by atoms with Crippen LogP contribution in [0, 0.1) is 5.92 Å². The van der Waals surface area contributed by atoms with Crippen LogP contribution in [0.5, 0.6) is 0 Å². The maximum atomic E-state index is 11.8. The topological polar surface area (TPSA) is 63.7 Å². The molecule has 5 heteroatoms. The molecule has 1 aliphatic heterocycles. The molecule has 2 rings (SSSR count). The number of hydrogen-bond acceptors (Lipinski definition) is 4. The lowest BCUT2D eigenvalue weighted by Gasteiger charge is -2.14. The number of nitrogens with zero attached hydrogens (tertiary/aromatic N) is 1. The smallest absolute Gasteiger partial charge is 0.337 e. The second-order valence-electron chi connectivity index (χ2n) is 4.61. The highest BCUT2D eigenvalue weighted by Gasteiger charge is 2.35. The number of imide groups is 1. The molecule has 0 saturated carbocycles. The van der Waals surface area contributed by atoms with Crippen molar-refractivity contribution in [2.75, 3.05) is 7.11 Å². The average molecular weight is 261 g/mol. The number of rotatable bonds is 3. The van der Waals surface area contributed by atoms with Crippen molar-refractivity contribution in [3.63, 3.8) is 0 Å². The quantitative estimate of drug-likeness (QED) is 0.609. The molecule has 1 atom stereocenters. The Kier molecular flexibility index (Phi) is 3.64. The zero-order chi connectivity index (χ0) is 14.0. The number of carbonyl (C=O) groups excluding carboxylic acids is 3. The summed E-state index contributed by atoms with van der Waals surface area (Å²) in [6, 6.07) is 6.68. The first-order chi connectivity index (χ1) is 9.02. The van der Waals surface area contributed by atoms with Crippen LogP contribution in [0.25, 0.3) is 0 Å². The second-order valence-corrected chi connectivity index (χ2v) is 4.61. The molecular weight excluding hydrogens is 246 g/mol. The summed E-state index contributed by atoms with van der Waals surface area (Å²) in [6.45, 7) is 2.00. The molecule has 1 aromatic carbocycles.